The first-order valence-electron chi connectivity index (χ1n) is 7.26. The van der Waals surface area contributed by atoms with Crippen LogP contribution >= 0.6 is 11.6 Å². The number of carbonyl (C=O) groups is 1. The third-order valence-corrected chi connectivity index (χ3v) is 3.49. The Balaban J connectivity index is 1.95. The van der Waals surface area contributed by atoms with Gasteiger partial charge in [-0.15, -0.1) is 0 Å². The van der Waals surface area contributed by atoms with Gasteiger partial charge in [0.25, 0.3) is 5.91 Å². The smallest absolute Gasteiger partial charge is 0.260 e. The van der Waals surface area contributed by atoms with E-state index < -0.39 is 0 Å². The van der Waals surface area contributed by atoms with E-state index >= 15 is 0 Å². The van der Waals surface area contributed by atoms with Crippen molar-refractivity contribution in [3.05, 3.63) is 65.2 Å². The summed E-state index contributed by atoms with van der Waals surface area (Å²) in [5.41, 5.74) is 1.02. The summed E-state index contributed by atoms with van der Waals surface area (Å²) in [4.78, 5) is 14.0. The van der Waals surface area contributed by atoms with E-state index in [1.807, 2.05) is 30.3 Å². The molecule has 0 bridgehead atoms. The van der Waals surface area contributed by atoms with Gasteiger partial charge in [0, 0.05) is 18.1 Å². The number of carbonyl (C=O) groups excluding carboxylic acids is 1. The zero-order valence-electron chi connectivity index (χ0n) is 12.6. The molecule has 0 aliphatic carbocycles. The van der Waals surface area contributed by atoms with E-state index in [2.05, 4.69) is 6.07 Å². The zero-order valence-corrected chi connectivity index (χ0v) is 13.4. The Kier molecular flexibility index (Phi) is 6.46. The highest BCUT2D eigenvalue weighted by atomic mass is 35.5. The first kappa shape index (κ1) is 16.9. The molecule has 1 amide bonds. The molecule has 0 aliphatic rings. The first-order valence-corrected chi connectivity index (χ1v) is 7.64. The minimum atomic E-state index is -0.154. The second kappa shape index (κ2) is 8.82. The van der Waals surface area contributed by atoms with Crippen molar-refractivity contribution in [2.24, 2.45) is 0 Å². The maximum Gasteiger partial charge on any atom is 0.260 e. The molecule has 0 radical (unpaired) electrons. The minimum Gasteiger partial charge on any atom is -0.484 e. The Hall–Kier alpha value is -2.51. The second-order valence-corrected chi connectivity index (χ2v) is 5.39. The Morgan fingerprint density at radius 3 is 2.48 bits per heavy atom. The van der Waals surface area contributed by atoms with Crippen LogP contribution < -0.4 is 4.74 Å². The lowest BCUT2D eigenvalue weighted by Crippen LogP contribution is -2.35. The lowest BCUT2D eigenvalue weighted by atomic mass is 10.2. The average Bonchev–Trinajstić information content (AvgIpc) is 2.58. The molecule has 0 atom stereocenters. The highest BCUT2D eigenvalue weighted by Crippen LogP contribution is 2.15. The number of benzene rings is 2. The summed E-state index contributed by atoms with van der Waals surface area (Å²) in [7, 11) is 0. The molecule has 0 aromatic heterocycles. The Morgan fingerprint density at radius 2 is 1.83 bits per heavy atom. The van der Waals surface area contributed by atoms with Crippen LogP contribution in [-0.4, -0.2) is 24.0 Å². The lowest BCUT2D eigenvalue weighted by Gasteiger charge is -2.22. The van der Waals surface area contributed by atoms with E-state index in [0.717, 1.165) is 5.56 Å². The van der Waals surface area contributed by atoms with E-state index in [0.29, 0.717) is 30.3 Å². The van der Waals surface area contributed by atoms with Crippen LogP contribution in [0.15, 0.2) is 54.6 Å². The van der Waals surface area contributed by atoms with Crippen LogP contribution in [0.4, 0.5) is 0 Å². The first-order chi connectivity index (χ1) is 11.2. The van der Waals surface area contributed by atoms with E-state index in [4.69, 9.17) is 21.6 Å². The van der Waals surface area contributed by atoms with Gasteiger partial charge in [0.05, 0.1) is 12.5 Å². The van der Waals surface area contributed by atoms with E-state index in [1.54, 1.807) is 29.2 Å². The Bertz CT molecular complexity index is 666. The summed E-state index contributed by atoms with van der Waals surface area (Å²) in [5.74, 6) is 0.432. The number of hydrogen-bond acceptors (Lipinski definition) is 3. The molecule has 0 unspecified atom stereocenters. The second-order valence-electron chi connectivity index (χ2n) is 4.95. The Labute approximate surface area is 140 Å². The topological polar surface area (TPSA) is 53.3 Å². The largest absolute Gasteiger partial charge is 0.484 e. The van der Waals surface area contributed by atoms with E-state index in [1.165, 1.54) is 0 Å². The molecule has 0 spiro atoms. The van der Waals surface area contributed by atoms with Gasteiger partial charge in [-0.3, -0.25) is 4.79 Å². The molecule has 0 fully saturated rings. The maximum atomic E-state index is 12.4. The van der Waals surface area contributed by atoms with Crippen LogP contribution in [0.25, 0.3) is 0 Å². The summed E-state index contributed by atoms with van der Waals surface area (Å²) >= 11 is 5.81. The van der Waals surface area contributed by atoms with Crippen molar-refractivity contribution in [1.29, 1.82) is 5.26 Å². The molecule has 118 valence electrons. The van der Waals surface area contributed by atoms with Gasteiger partial charge in [0.15, 0.2) is 6.61 Å². The van der Waals surface area contributed by atoms with E-state index in [-0.39, 0.29) is 12.5 Å². The fourth-order valence-electron chi connectivity index (χ4n) is 2.05. The summed E-state index contributed by atoms with van der Waals surface area (Å²) in [5, 5.41) is 9.38. The molecule has 0 heterocycles. The third kappa shape index (κ3) is 5.65. The van der Waals surface area contributed by atoms with Gasteiger partial charge in [-0.05, 0) is 29.8 Å². The predicted octanol–water partition coefficient (Wildman–Crippen LogP) is 3.66. The average molecular weight is 329 g/mol. The monoisotopic (exact) mass is 328 g/mol. The van der Waals surface area contributed by atoms with Crippen molar-refractivity contribution < 1.29 is 9.53 Å². The molecule has 4 nitrogen and oxygen atoms in total. The van der Waals surface area contributed by atoms with Gasteiger partial charge in [0.2, 0.25) is 0 Å². The van der Waals surface area contributed by atoms with Crippen LogP contribution in [-0.2, 0) is 11.3 Å². The number of rotatable bonds is 7. The molecular weight excluding hydrogens is 312 g/mol. The van der Waals surface area contributed by atoms with Crippen molar-refractivity contribution in [1.82, 2.24) is 4.90 Å². The van der Waals surface area contributed by atoms with Crippen molar-refractivity contribution in [2.75, 3.05) is 13.2 Å². The molecule has 0 aliphatic heterocycles. The minimum absolute atomic E-state index is 0.0695. The normalized spacial score (nSPS) is 9.91. The van der Waals surface area contributed by atoms with Crippen LogP contribution in [0.3, 0.4) is 0 Å². The van der Waals surface area contributed by atoms with Gasteiger partial charge in [-0.25, -0.2) is 0 Å². The van der Waals surface area contributed by atoms with Gasteiger partial charge in [0.1, 0.15) is 5.75 Å². The molecule has 5 heteroatoms. The number of ether oxygens (including phenoxy) is 1. The zero-order chi connectivity index (χ0) is 16.5. The summed E-state index contributed by atoms with van der Waals surface area (Å²) in [6, 6.07) is 18.6. The molecule has 0 saturated heterocycles. The maximum absolute atomic E-state index is 12.4. The fourth-order valence-corrected chi connectivity index (χ4v) is 2.17. The van der Waals surface area contributed by atoms with Crippen molar-refractivity contribution in [3.63, 3.8) is 0 Å². The van der Waals surface area contributed by atoms with Crippen LogP contribution in [0.1, 0.15) is 12.0 Å². The van der Waals surface area contributed by atoms with Crippen LogP contribution in [0.5, 0.6) is 5.75 Å². The van der Waals surface area contributed by atoms with Gasteiger partial charge < -0.3 is 9.64 Å². The molecule has 0 N–H and O–H groups in total. The molecular formula is C18H17ClN2O2. The molecule has 0 saturated carbocycles. The molecule has 23 heavy (non-hydrogen) atoms. The number of hydrogen-bond donors (Lipinski definition) is 0. The van der Waals surface area contributed by atoms with Crippen LogP contribution in [0.2, 0.25) is 5.02 Å². The summed E-state index contributed by atoms with van der Waals surface area (Å²) in [6.07, 6.45) is 0.291. The molecule has 2 aromatic carbocycles. The number of halogens is 1. The van der Waals surface area contributed by atoms with Crippen LogP contribution in [0, 0.1) is 11.3 Å². The summed E-state index contributed by atoms with van der Waals surface area (Å²) in [6.45, 7) is 0.777. The van der Waals surface area contributed by atoms with Crippen molar-refractivity contribution >= 4 is 17.5 Å². The third-order valence-electron chi connectivity index (χ3n) is 3.24. The van der Waals surface area contributed by atoms with Crippen molar-refractivity contribution in [2.45, 2.75) is 13.0 Å². The number of nitrogens with zero attached hydrogens (tertiary/aromatic N) is 2. The predicted molar refractivity (Wildman–Crippen MR) is 89.0 cm³/mol. The highest BCUT2D eigenvalue weighted by molar-refractivity contribution is 6.30. The SMILES string of the molecule is N#CCCN(Cc1ccccc1)C(=O)COc1ccc(Cl)cc1. The molecule has 2 rings (SSSR count). The fraction of sp³-hybridized carbons (Fsp3) is 0.222. The quantitative estimate of drug-likeness (QED) is 0.779. The highest BCUT2D eigenvalue weighted by Gasteiger charge is 2.14. The molecule has 2 aromatic rings. The Morgan fingerprint density at radius 1 is 1.13 bits per heavy atom. The van der Waals surface area contributed by atoms with Gasteiger partial charge in [-0.2, -0.15) is 5.26 Å². The van der Waals surface area contributed by atoms with Gasteiger partial charge in [-0.1, -0.05) is 41.9 Å². The number of nitriles is 1. The standard InChI is InChI=1S/C18H17ClN2O2/c19-16-7-9-17(10-8-16)23-14-18(22)21(12-4-11-20)13-15-5-2-1-3-6-15/h1-3,5-10H,4,12-14H2. The lowest BCUT2D eigenvalue weighted by molar-refractivity contribution is -0.133. The van der Waals surface area contributed by atoms with E-state index in [9.17, 15) is 4.79 Å². The van der Waals surface area contributed by atoms with Crippen molar-refractivity contribution in [3.8, 4) is 11.8 Å². The number of amides is 1. The van der Waals surface area contributed by atoms with Gasteiger partial charge >= 0.3 is 0 Å². The summed E-state index contributed by atoms with van der Waals surface area (Å²) < 4.78 is 5.49.